The standard InChI is InChI=1S/C23H16ClN3/c1-27-22-10-6-5-9-19(22)26-23(27)21-14-18(15-7-3-2-4-8-15)17-12-11-16(24)13-20(17)25-21/h2-14H,1H3. The Morgan fingerprint density at radius 2 is 1.56 bits per heavy atom. The maximum absolute atomic E-state index is 6.25. The molecule has 0 saturated heterocycles. The number of fused-ring (bicyclic) bond motifs is 2. The smallest absolute Gasteiger partial charge is 0.159 e. The molecule has 0 radical (unpaired) electrons. The predicted molar refractivity (Wildman–Crippen MR) is 112 cm³/mol. The zero-order valence-corrected chi connectivity index (χ0v) is 15.5. The van der Waals surface area contributed by atoms with Crippen molar-refractivity contribution in [1.82, 2.24) is 14.5 Å². The molecular weight excluding hydrogens is 354 g/mol. The highest BCUT2D eigenvalue weighted by molar-refractivity contribution is 6.31. The van der Waals surface area contributed by atoms with Crippen molar-refractivity contribution in [2.75, 3.05) is 0 Å². The van der Waals surface area contributed by atoms with Crippen molar-refractivity contribution in [1.29, 1.82) is 0 Å². The molecule has 130 valence electrons. The van der Waals surface area contributed by atoms with Crippen LogP contribution in [0.1, 0.15) is 0 Å². The molecule has 0 spiro atoms. The van der Waals surface area contributed by atoms with Gasteiger partial charge in [0.25, 0.3) is 0 Å². The maximum Gasteiger partial charge on any atom is 0.159 e. The molecule has 0 aliphatic rings. The summed E-state index contributed by atoms with van der Waals surface area (Å²) in [5.74, 6) is 0.843. The number of hydrogen-bond acceptors (Lipinski definition) is 2. The van der Waals surface area contributed by atoms with E-state index in [0.717, 1.165) is 44.6 Å². The van der Waals surface area contributed by atoms with Gasteiger partial charge in [0.05, 0.1) is 16.6 Å². The fraction of sp³-hybridized carbons (Fsp3) is 0.0435. The van der Waals surface area contributed by atoms with Gasteiger partial charge >= 0.3 is 0 Å². The zero-order valence-electron chi connectivity index (χ0n) is 14.7. The van der Waals surface area contributed by atoms with E-state index in [2.05, 4.69) is 28.8 Å². The first-order chi connectivity index (χ1) is 13.2. The minimum atomic E-state index is 0.677. The molecule has 5 aromatic rings. The van der Waals surface area contributed by atoms with Crippen LogP contribution >= 0.6 is 11.6 Å². The quantitative estimate of drug-likeness (QED) is 0.376. The average molecular weight is 370 g/mol. The van der Waals surface area contributed by atoms with Gasteiger partial charge in [0.15, 0.2) is 5.82 Å². The minimum Gasteiger partial charge on any atom is -0.326 e. The second-order valence-corrected chi connectivity index (χ2v) is 7.00. The topological polar surface area (TPSA) is 30.7 Å². The van der Waals surface area contributed by atoms with Crippen LogP contribution in [0.4, 0.5) is 0 Å². The summed E-state index contributed by atoms with van der Waals surface area (Å²) in [6, 6.07) is 26.4. The number of imidazole rings is 1. The number of aromatic nitrogens is 3. The second kappa shape index (κ2) is 6.22. The highest BCUT2D eigenvalue weighted by atomic mass is 35.5. The number of aryl methyl sites for hydroxylation is 1. The summed E-state index contributed by atoms with van der Waals surface area (Å²) in [6.45, 7) is 0. The fourth-order valence-electron chi connectivity index (χ4n) is 3.55. The van der Waals surface area contributed by atoms with Crippen LogP contribution < -0.4 is 0 Å². The van der Waals surface area contributed by atoms with Gasteiger partial charge in [-0.25, -0.2) is 9.97 Å². The molecule has 0 atom stereocenters. The van der Waals surface area contributed by atoms with Crippen molar-refractivity contribution in [3.63, 3.8) is 0 Å². The monoisotopic (exact) mass is 369 g/mol. The van der Waals surface area contributed by atoms with Gasteiger partial charge in [0.1, 0.15) is 5.69 Å². The Bertz CT molecular complexity index is 1290. The maximum atomic E-state index is 6.25. The van der Waals surface area contributed by atoms with Crippen molar-refractivity contribution >= 4 is 33.5 Å². The Morgan fingerprint density at radius 3 is 2.37 bits per heavy atom. The third-order valence-electron chi connectivity index (χ3n) is 4.87. The summed E-state index contributed by atoms with van der Waals surface area (Å²) in [6.07, 6.45) is 0. The first-order valence-electron chi connectivity index (χ1n) is 8.78. The average Bonchev–Trinajstić information content (AvgIpc) is 3.04. The van der Waals surface area contributed by atoms with Gasteiger partial charge in [-0.15, -0.1) is 0 Å². The van der Waals surface area contributed by atoms with Gasteiger partial charge in [0.2, 0.25) is 0 Å². The lowest BCUT2D eigenvalue weighted by molar-refractivity contribution is 0.952. The summed E-state index contributed by atoms with van der Waals surface area (Å²) in [5, 5.41) is 1.75. The first kappa shape index (κ1) is 16.0. The van der Waals surface area contributed by atoms with Gasteiger partial charge in [0, 0.05) is 17.5 Å². The molecule has 0 saturated carbocycles. The van der Waals surface area contributed by atoms with E-state index in [1.54, 1.807) is 0 Å². The predicted octanol–water partition coefficient (Wildman–Crippen LogP) is 6.11. The van der Waals surface area contributed by atoms with Crippen LogP contribution in [0.5, 0.6) is 0 Å². The number of nitrogens with zero attached hydrogens (tertiary/aromatic N) is 3. The number of halogens is 1. The van der Waals surface area contributed by atoms with Gasteiger partial charge in [-0.1, -0.05) is 60.1 Å². The van der Waals surface area contributed by atoms with Crippen LogP contribution in [0.15, 0.2) is 78.9 Å². The van der Waals surface area contributed by atoms with Crippen molar-refractivity contribution < 1.29 is 0 Å². The van der Waals surface area contributed by atoms with E-state index in [0.29, 0.717) is 5.02 Å². The minimum absolute atomic E-state index is 0.677. The molecule has 0 bridgehead atoms. The summed E-state index contributed by atoms with van der Waals surface area (Å²) >= 11 is 6.25. The van der Waals surface area contributed by atoms with Crippen LogP contribution in [0.25, 0.3) is 44.6 Å². The molecule has 5 rings (SSSR count). The second-order valence-electron chi connectivity index (χ2n) is 6.57. The van der Waals surface area contributed by atoms with E-state index in [1.165, 1.54) is 0 Å². The summed E-state index contributed by atoms with van der Waals surface area (Å²) in [4.78, 5) is 9.69. The van der Waals surface area contributed by atoms with E-state index >= 15 is 0 Å². The molecule has 4 heteroatoms. The third-order valence-corrected chi connectivity index (χ3v) is 5.11. The van der Waals surface area contributed by atoms with Crippen molar-refractivity contribution in [2.24, 2.45) is 7.05 Å². The van der Waals surface area contributed by atoms with Gasteiger partial charge in [-0.2, -0.15) is 0 Å². The lowest BCUT2D eigenvalue weighted by atomic mass is 10.00. The molecule has 0 N–H and O–H groups in total. The molecule has 27 heavy (non-hydrogen) atoms. The van der Waals surface area contributed by atoms with E-state index in [9.17, 15) is 0 Å². The van der Waals surface area contributed by atoms with Crippen molar-refractivity contribution in [3.05, 3.63) is 83.9 Å². The van der Waals surface area contributed by atoms with Gasteiger partial charge in [-0.05, 0) is 41.5 Å². The van der Waals surface area contributed by atoms with E-state index < -0.39 is 0 Å². The van der Waals surface area contributed by atoms with Crippen LogP contribution in [0, 0.1) is 0 Å². The molecule has 0 aliphatic heterocycles. The van der Waals surface area contributed by atoms with Gasteiger partial charge < -0.3 is 4.57 Å². The molecule has 2 aromatic heterocycles. The molecule has 0 unspecified atom stereocenters. The number of benzene rings is 3. The van der Waals surface area contributed by atoms with Gasteiger partial charge in [-0.3, -0.25) is 0 Å². The summed E-state index contributed by atoms with van der Waals surface area (Å²) < 4.78 is 2.09. The Balaban J connectivity index is 1.83. The molecular formula is C23H16ClN3. The van der Waals surface area contributed by atoms with Crippen LogP contribution in [0.3, 0.4) is 0 Å². The molecule has 0 aliphatic carbocycles. The third kappa shape index (κ3) is 2.68. The Morgan fingerprint density at radius 1 is 0.778 bits per heavy atom. The van der Waals surface area contributed by atoms with Crippen LogP contribution in [0.2, 0.25) is 5.02 Å². The van der Waals surface area contributed by atoms with E-state index in [1.807, 2.05) is 61.6 Å². The normalized spacial score (nSPS) is 11.3. The Hall–Kier alpha value is -3.17. The summed E-state index contributed by atoms with van der Waals surface area (Å²) in [5.41, 5.74) is 6.02. The van der Waals surface area contributed by atoms with Crippen molar-refractivity contribution in [2.45, 2.75) is 0 Å². The lowest BCUT2D eigenvalue weighted by Gasteiger charge is -2.10. The van der Waals surface area contributed by atoms with Crippen molar-refractivity contribution in [3.8, 4) is 22.6 Å². The molecule has 0 fully saturated rings. The lowest BCUT2D eigenvalue weighted by Crippen LogP contribution is -1.96. The molecule has 2 heterocycles. The zero-order chi connectivity index (χ0) is 18.4. The highest BCUT2D eigenvalue weighted by Gasteiger charge is 2.15. The highest BCUT2D eigenvalue weighted by Crippen LogP contribution is 2.33. The molecule has 3 nitrogen and oxygen atoms in total. The van der Waals surface area contributed by atoms with E-state index in [4.69, 9.17) is 21.6 Å². The number of para-hydroxylation sites is 2. The molecule has 3 aromatic carbocycles. The Labute approximate surface area is 161 Å². The van der Waals surface area contributed by atoms with Crippen LogP contribution in [-0.4, -0.2) is 14.5 Å². The fourth-order valence-corrected chi connectivity index (χ4v) is 3.71. The molecule has 0 amide bonds. The number of hydrogen-bond donors (Lipinski definition) is 0. The summed E-state index contributed by atoms with van der Waals surface area (Å²) in [7, 11) is 2.02. The van der Waals surface area contributed by atoms with E-state index in [-0.39, 0.29) is 0 Å². The Kier molecular flexibility index (Phi) is 3.69. The largest absolute Gasteiger partial charge is 0.326 e. The van der Waals surface area contributed by atoms with Crippen LogP contribution in [-0.2, 0) is 7.05 Å². The first-order valence-corrected chi connectivity index (χ1v) is 9.16. The number of rotatable bonds is 2. The SMILES string of the molecule is Cn1c(-c2cc(-c3ccccc3)c3ccc(Cl)cc3n2)nc2ccccc21. The number of pyridine rings is 1.